The summed E-state index contributed by atoms with van der Waals surface area (Å²) in [4.78, 5) is 24.6. The average molecular weight is 276 g/mol. The van der Waals surface area contributed by atoms with Crippen molar-refractivity contribution in [3.05, 3.63) is 0 Å². The first kappa shape index (κ1) is 12.7. The second-order valence-corrected chi connectivity index (χ2v) is 4.90. The normalized spacial score (nSPS) is 23.7. The van der Waals surface area contributed by atoms with E-state index in [1.807, 2.05) is 6.92 Å². The van der Waals surface area contributed by atoms with E-state index in [0.29, 0.717) is 18.9 Å². The highest BCUT2D eigenvalue weighted by Gasteiger charge is 2.36. The maximum Gasteiger partial charge on any atom is 0.232 e. The van der Waals surface area contributed by atoms with E-state index in [9.17, 15) is 9.59 Å². The van der Waals surface area contributed by atoms with Crippen LogP contribution in [0.3, 0.4) is 0 Å². The number of amides is 2. The minimum atomic E-state index is -0.116. The van der Waals surface area contributed by atoms with Crippen LogP contribution in [0, 0.1) is 11.8 Å². The van der Waals surface area contributed by atoms with Gasteiger partial charge in [-0.1, -0.05) is 36.2 Å². The maximum atomic E-state index is 11.7. The SMILES string of the molecule is CCCC(CBr)CN1C(=O)CC(C)C1=O. The molecule has 2 unspecified atom stereocenters. The Bertz CT molecular complexity index is 255. The Morgan fingerprint density at radius 3 is 2.60 bits per heavy atom. The van der Waals surface area contributed by atoms with Crippen molar-refractivity contribution < 1.29 is 9.59 Å². The Kier molecular flexibility index (Phi) is 4.77. The summed E-state index contributed by atoms with van der Waals surface area (Å²) in [5.74, 6) is 0.278. The molecule has 2 atom stereocenters. The number of hydrogen-bond acceptors (Lipinski definition) is 2. The highest BCUT2D eigenvalue weighted by atomic mass is 79.9. The minimum Gasteiger partial charge on any atom is -0.282 e. The minimum absolute atomic E-state index is 0.00190. The average Bonchev–Trinajstić information content (AvgIpc) is 2.44. The van der Waals surface area contributed by atoms with Gasteiger partial charge in [-0.2, -0.15) is 0 Å². The fourth-order valence-corrected chi connectivity index (χ4v) is 2.45. The molecule has 0 N–H and O–H groups in total. The van der Waals surface area contributed by atoms with Crippen LogP contribution in [-0.2, 0) is 9.59 Å². The van der Waals surface area contributed by atoms with Crippen molar-refractivity contribution in [1.29, 1.82) is 0 Å². The maximum absolute atomic E-state index is 11.7. The molecule has 1 fully saturated rings. The van der Waals surface area contributed by atoms with Gasteiger partial charge in [0.05, 0.1) is 0 Å². The highest BCUT2D eigenvalue weighted by molar-refractivity contribution is 9.09. The molecule has 0 radical (unpaired) electrons. The number of carbonyl (C=O) groups is 2. The van der Waals surface area contributed by atoms with E-state index >= 15 is 0 Å². The van der Waals surface area contributed by atoms with Crippen molar-refractivity contribution >= 4 is 27.7 Å². The summed E-state index contributed by atoms with van der Waals surface area (Å²) in [7, 11) is 0. The number of nitrogens with zero attached hydrogens (tertiary/aromatic N) is 1. The van der Waals surface area contributed by atoms with E-state index in [-0.39, 0.29) is 17.7 Å². The molecule has 1 heterocycles. The largest absolute Gasteiger partial charge is 0.282 e. The smallest absolute Gasteiger partial charge is 0.232 e. The van der Waals surface area contributed by atoms with Gasteiger partial charge >= 0.3 is 0 Å². The van der Waals surface area contributed by atoms with Gasteiger partial charge in [0, 0.05) is 24.2 Å². The van der Waals surface area contributed by atoms with Crippen molar-refractivity contribution in [2.24, 2.45) is 11.8 Å². The Morgan fingerprint density at radius 2 is 2.20 bits per heavy atom. The molecule has 0 aromatic rings. The lowest BCUT2D eigenvalue weighted by Crippen LogP contribution is -2.35. The van der Waals surface area contributed by atoms with Gasteiger partial charge in [0.25, 0.3) is 0 Å². The third-order valence-corrected chi connectivity index (χ3v) is 3.74. The highest BCUT2D eigenvalue weighted by Crippen LogP contribution is 2.22. The third-order valence-electron chi connectivity index (χ3n) is 2.83. The van der Waals surface area contributed by atoms with Crippen LogP contribution < -0.4 is 0 Å². The molecule has 1 aliphatic heterocycles. The van der Waals surface area contributed by atoms with Crippen LogP contribution in [0.5, 0.6) is 0 Å². The second kappa shape index (κ2) is 5.64. The molecule has 0 bridgehead atoms. The number of halogens is 1. The van der Waals surface area contributed by atoms with E-state index in [0.717, 1.165) is 18.2 Å². The van der Waals surface area contributed by atoms with Gasteiger partial charge < -0.3 is 0 Å². The molecule has 0 saturated carbocycles. The molecule has 0 aromatic heterocycles. The van der Waals surface area contributed by atoms with Crippen LogP contribution in [-0.4, -0.2) is 28.6 Å². The van der Waals surface area contributed by atoms with Crippen LogP contribution in [0.15, 0.2) is 0 Å². The first-order valence-corrected chi connectivity index (χ1v) is 6.62. The molecule has 0 aliphatic carbocycles. The molecule has 0 spiro atoms. The summed E-state index contributed by atoms with van der Waals surface area (Å²) in [6.45, 7) is 4.52. The lowest BCUT2D eigenvalue weighted by atomic mass is 10.1. The van der Waals surface area contributed by atoms with E-state index in [1.54, 1.807) is 0 Å². The number of rotatable bonds is 5. The van der Waals surface area contributed by atoms with Crippen molar-refractivity contribution in [1.82, 2.24) is 4.90 Å². The Balaban J connectivity index is 2.56. The summed E-state index contributed by atoms with van der Waals surface area (Å²) in [5.41, 5.74) is 0. The Labute approximate surface area is 99.3 Å². The van der Waals surface area contributed by atoms with Crippen molar-refractivity contribution in [2.45, 2.75) is 33.1 Å². The van der Waals surface area contributed by atoms with Gasteiger partial charge in [-0.25, -0.2) is 0 Å². The van der Waals surface area contributed by atoms with Crippen LogP contribution in [0.2, 0.25) is 0 Å². The number of hydrogen-bond donors (Lipinski definition) is 0. The van der Waals surface area contributed by atoms with E-state index in [1.165, 1.54) is 4.90 Å². The standard InChI is InChI=1S/C11H18BrNO2/c1-3-4-9(6-12)7-13-10(14)5-8(2)11(13)15/h8-9H,3-7H2,1-2H3. The zero-order valence-electron chi connectivity index (χ0n) is 9.33. The Hall–Kier alpha value is -0.380. The monoisotopic (exact) mass is 275 g/mol. The molecule has 86 valence electrons. The summed E-state index contributed by atoms with van der Waals surface area (Å²) in [6.07, 6.45) is 2.53. The fraction of sp³-hybridized carbons (Fsp3) is 0.818. The summed E-state index contributed by atoms with van der Waals surface area (Å²) < 4.78 is 0. The lowest BCUT2D eigenvalue weighted by molar-refractivity contribution is -0.139. The third kappa shape index (κ3) is 3.03. The first-order valence-electron chi connectivity index (χ1n) is 5.50. The summed E-state index contributed by atoms with van der Waals surface area (Å²) in [6, 6.07) is 0. The van der Waals surface area contributed by atoms with Gasteiger partial charge in [0.1, 0.15) is 0 Å². The molecule has 0 aromatic carbocycles. The predicted octanol–water partition coefficient (Wildman–Crippen LogP) is 2.19. The van der Waals surface area contributed by atoms with Gasteiger partial charge in [-0.15, -0.1) is 0 Å². The second-order valence-electron chi connectivity index (χ2n) is 4.26. The van der Waals surface area contributed by atoms with Gasteiger partial charge in [0.2, 0.25) is 11.8 Å². The molecule has 1 saturated heterocycles. The number of likely N-dealkylation sites (tertiary alicyclic amines) is 1. The predicted molar refractivity (Wildman–Crippen MR) is 62.7 cm³/mol. The molecular formula is C11H18BrNO2. The fourth-order valence-electron chi connectivity index (χ4n) is 1.92. The van der Waals surface area contributed by atoms with Crippen LogP contribution in [0.4, 0.5) is 0 Å². The van der Waals surface area contributed by atoms with E-state index in [2.05, 4.69) is 22.9 Å². The molecule has 4 heteroatoms. The summed E-state index contributed by atoms with van der Waals surface area (Å²) in [5, 5.41) is 0.853. The molecule has 15 heavy (non-hydrogen) atoms. The summed E-state index contributed by atoms with van der Waals surface area (Å²) >= 11 is 3.43. The van der Waals surface area contributed by atoms with Crippen molar-refractivity contribution in [3.63, 3.8) is 0 Å². The zero-order valence-corrected chi connectivity index (χ0v) is 10.9. The van der Waals surface area contributed by atoms with Crippen LogP contribution in [0.25, 0.3) is 0 Å². The first-order chi connectivity index (χ1) is 7.10. The topological polar surface area (TPSA) is 37.4 Å². The van der Waals surface area contributed by atoms with E-state index in [4.69, 9.17) is 0 Å². The molecule has 1 rings (SSSR count). The van der Waals surface area contributed by atoms with E-state index < -0.39 is 0 Å². The molecular weight excluding hydrogens is 258 g/mol. The quantitative estimate of drug-likeness (QED) is 0.570. The van der Waals surface area contributed by atoms with Gasteiger partial charge in [-0.3, -0.25) is 14.5 Å². The van der Waals surface area contributed by atoms with Crippen LogP contribution >= 0.6 is 15.9 Å². The number of alkyl halides is 1. The lowest BCUT2D eigenvalue weighted by Gasteiger charge is -2.20. The van der Waals surface area contributed by atoms with Crippen LogP contribution in [0.1, 0.15) is 33.1 Å². The van der Waals surface area contributed by atoms with Gasteiger partial charge in [-0.05, 0) is 12.3 Å². The number of imide groups is 1. The zero-order chi connectivity index (χ0) is 11.4. The number of carbonyl (C=O) groups excluding carboxylic acids is 2. The van der Waals surface area contributed by atoms with Gasteiger partial charge in [0.15, 0.2) is 0 Å². The molecule has 1 aliphatic rings. The Morgan fingerprint density at radius 1 is 1.53 bits per heavy atom. The molecule has 2 amide bonds. The van der Waals surface area contributed by atoms with Crippen molar-refractivity contribution in [2.75, 3.05) is 11.9 Å². The van der Waals surface area contributed by atoms with Crippen molar-refractivity contribution in [3.8, 4) is 0 Å². The molecule has 3 nitrogen and oxygen atoms in total.